The van der Waals surface area contributed by atoms with E-state index in [1.54, 1.807) is 16.8 Å². The highest BCUT2D eigenvalue weighted by molar-refractivity contribution is 5.43. The molecule has 5 nitrogen and oxygen atoms in total. The zero-order valence-electron chi connectivity index (χ0n) is 20.3. The third kappa shape index (κ3) is 6.56. The molecule has 4 aromatic rings. The van der Waals surface area contributed by atoms with Crippen molar-refractivity contribution in [3.05, 3.63) is 108 Å². The Kier molecular flexibility index (Phi) is 8.29. The highest BCUT2D eigenvalue weighted by atomic mass is 19.1. The number of hydrogen-bond acceptors (Lipinski definition) is 4. The maximum Gasteiger partial charge on any atom is 0.227 e. The number of aliphatic hydroxyl groups is 1. The van der Waals surface area contributed by atoms with E-state index in [2.05, 4.69) is 11.8 Å². The second-order valence-corrected chi connectivity index (χ2v) is 8.75. The molecule has 0 aliphatic carbocycles. The summed E-state index contributed by atoms with van der Waals surface area (Å²) >= 11 is 0. The van der Waals surface area contributed by atoms with Crippen LogP contribution < -0.4 is 4.74 Å². The maximum absolute atomic E-state index is 13.9. The van der Waals surface area contributed by atoms with E-state index < -0.39 is 6.10 Å². The second-order valence-electron chi connectivity index (χ2n) is 8.75. The topological polar surface area (TPSA) is 50.5 Å². The summed E-state index contributed by atoms with van der Waals surface area (Å²) in [6, 6.07) is 25.9. The van der Waals surface area contributed by atoms with Gasteiger partial charge < -0.3 is 9.84 Å². The molecule has 3 aromatic carbocycles. The monoisotopic (exact) mass is 473 g/mol. The highest BCUT2D eigenvalue weighted by Gasteiger charge is 2.22. The summed E-state index contributed by atoms with van der Waals surface area (Å²) in [5.74, 6) is 0.607. The second kappa shape index (κ2) is 11.8. The number of rotatable bonds is 11. The Morgan fingerprint density at radius 3 is 2.40 bits per heavy atom. The van der Waals surface area contributed by atoms with Crippen LogP contribution in [0.1, 0.15) is 30.2 Å². The molecule has 1 N–H and O–H groups in total. The lowest BCUT2D eigenvalue weighted by molar-refractivity contribution is 0.108. The van der Waals surface area contributed by atoms with Crippen molar-refractivity contribution in [2.45, 2.75) is 39.3 Å². The standard InChI is InChI=1S/C29H32FN3O2/c1-3-17-32(20-26(34)18-23-11-6-4-7-12-23)21-28-22(2)31-33(25-14-8-5-9-15-25)29(28)35-27-16-10-13-24(30)19-27/h4-16,19,26,34H,3,17-18,20-21H2,1-2H3/t26-/m1/s1. The Balaban J connectivity index is 1.62. The molecular formula is C29H32FN3O2. The van der Waals surface area contributed by atoms with Gasteiger partial charge in [0, 0.05) is 19.2 Å². The summed E-state index contributed by atoms with van der Waals surface area (Å²) in [6.07, 6.45) is 1.04. The smallest absolute Gasteiger partial charge is 0.227 e. The predicted molar refractivity (Wildman–Crippen MR) is 136 cm³/mol. The Hall–Kier alpha value is -3.48. The number of ether oxygens (including phenoxy) is 1. The molecule has 0 amide bonds. The Morgan fingerprint density at radius 1 is 1.00 bits per heavy atom. The minimum atomic E-state index is -0.499. The maximum atomic E-state index is 13.9. The molecular weight excluding hydrogens is 441 g/mol. The average Bonchev–Trinajstić information content (AvgIpc) is 3.15. The van der Waals surface area contributed by atoms with Crippen molar-refractivity contribution in [3.8, 4) is 17.3 Å². The summed E-state index contributed by atoms with van der Waals surface area (Å²) in [5, 5.41) is 15.6. The molecule has 182 valence electrons. The molecule has 6 heteroatoms. The van der Waals surface area contributed by atoms with Gasteiger partial charge in [-0.3, -0.25) is 4.90 Å². The van der Waals surface area contributed by atoms with Crippen LogP contribution in [0.3, 0.4) is 0 Å². The number of aryl methyl sites for hydroxylation is 1. The molecule has 1 heterocycles. The molecule has 1 aromatic heterocycles. The average molecular weight is 474 g/mol. The predicted octanol–water partition coefficient (Wildman–Crippen LogP) is 5.93. The van der Waals surface area contributed by atoms with Gasteiger partial charge in [0.1, 0.15) is 11.6 Å². The Labute approximate surface area is 206 Å². The third-order valence-corrected chi connectivity index (χ3v) is 5.85. The van der Waals surface area contributed by atoms with Crippen LogP contribution in [-0.4, -0.2) is 39.0 Å². The fourth-order valence-corrected chi connectivity index (χ4v) is 4.24. The van der Waals surface area contributed by atoms with Gasteiger partial charge in [-0.2, -0.15) is 5.10 Å². The van der Waals surface area contributed by atoms with Crippen LogP contribution in [0.15, 0.2) is 84.9 Å². The molecule has 0 fully saturated rings. The van der Waals surface area contributed by atoms with Gasteiger partial charge in [0.25, 0.3) is 0 Å². The minimum Gasteiger partial charge on any atom is -0.438 e. The van der Waals surface area contributed by atoms with Crippen molar-refractivity contribution in [1.82, 2.24) is 14.7 Å². The SMILES string of the molecule is CCCN(Cc1c(C)nn(-c2ccccc2)c1Oc1cccc(F)c1)C[C@H](O)Cc1ccccc1. The Bertz CT molecular complexity index is 1210. The van der Waals surface area contributed by atoms with Gasteiger partial charge in [0.2, 0.25) is 5.88 Å². The van der Waals surface area contributed by atoms with Crippen LogP contribution >= 0.6 is 0 Å². The molecule has 0 saturated heterocycles. The third-order valence-electron chi connectivity index (χ3n) is 5.85. The van der Waals surface area contributed by atoms with Crippen molar-refractivity contribution in [2.75, 3.05) is 13.1 Å². The van der Waals surface area contributed by atoms with Crippen LogP contribution in [0, 0.1) is 12.7 Å². The van der Waals surface area contributed by atoms with Crippen molar-refractivity contribution in [3.63, 3.8) is 0 Å². The van der Waals surface area contributed by atoms with E-state index in [4.69, 9.17) is 9.84 Å². The largest absolute Gasteiger partial charge is 0.438 e. The van der Waals surface area contributed by atoms with Crippen LogP contribution in [0.25, 0.3) is 5.69 Å². The summed E-state index contributed by atoms with van der Waals surface area (Å²) in [6.45, 7) is 5.99. The van der Waals surface area contributed by atoms with Crippen LogP contribution in [-0.2, 0) is 13.0 Å². The zero-order valence-corrected chi connectivity index (χ0v) is 20.3. The van der Waals surface area contributed by atoms with Crippen molar-refractivity contribution in [1.29, 1.82) is 0 Å². The minimum absolute atomic E-state index is 0.358. The van der Waals surface area contributed by atoms with Gasteiger partial charge in [0.15, 0.2) is 0 Å². The van der Waals surface area contributed by atoms with E-state index >= 15 is 0 Å². The fraction of sp³-hybridized carbons (Fsp3) is 0.276. The molecule has 1 atom stereocenters. The van der Waals surface area contributed by atoms with E-state index in [1.807, 2.05) is 67.6 Å². The number of nitrogens with zero attached hydrogens (tertiary/aromatic N) is 3. The number of aliphatic hydroxyl groups excluding tert-OH is 1. The van der Waals surface area contributed by atoms with E-state index in [0.717, 1.165) is 35.5 Å². The van der Waals surface area contributed by atoms with Crippen LogP contribution in [0.2, 0.25) is 0 Å². The first-order chi connectivity index (χ1) is 17.0. The lowest BCUT2D eigenvalue weighted by Crippen LogP contribution is -2.34. The Morgan fingerprint density at radius 2 is 1.71 bits per heavy atom. The summed E-state index contributed by atoms with van der Waals surface area (Å²) < 4.78 is 21.9. The molecule has 0 aliphatic rings. The molecule has 0 saturated carbocycles. The summed E-state index contributed by atoms with van der Waals surface area (Å²) in [7, 11) is 0. The molecule has 0 radical (unpaired) electrons. The summed E-state index contributed by atoms with van der Waals surface area (Å²) in [4.78, 5) is 2.23. The van der Waals surface area contributed by atoms with Crippen molar-refractivity contribution in [2.24, 2.45) is 0 Å². The zero-order chi connectivity index (χ0) is 24.6. The first kappa shape index (κ1) is 24.6. The number of halogens is 1. The quantitative estimate of drug-likeness (QED) is 0.293. The normalized spacial score (nSPS) is 12.1. The number of hydrogen-bond donors (Lipinski definition) is 1. The van der Waals surface area contributed by atoms with Crippen molar-refractivity contribution >= 4 is 0 Å². The van der Waals surface area contributed by atoms with Gasteiger partial charge in [-0.05, 0) is 56.1 Å². The van der Waals surface area contributed by atoms with Crippen molar-refractivity contribution < 1.29 is 14.2 Å². The first-order valence-electron chi connectivity index (χ1n) is 12.0. The molecule has 0 unspecified atom stereocenters. The lowest BCUT2D eigenvalue weighted by Gasteiger charge is -2.25. The van der Waals surface area contributed by atoms with E-state index in [9.17, 15) is 9.50 Å². The lowest BCUT2D eigenvalue weighted by atomic mass is 10.1. The number of para-hydroxylation sites is 1. The highest BCUT2D eigenvalue weighted by Crippen LogP contribution is 2.32. The van der Waals surface area contributed by atoms with Gasteiger partial charge in [-0.15, -0.1) is 0 Å². The van der Waals surface area contributed by atoms with Gasteiger partial charge >= 0.3 is 0 Å². The molecule has 35 heavy (non-hydrogen) atoms. The first-order valence-corrected chi connectivity index (χ1v) is 12.0. The fourth-order valence-electron chi connectivity index (χ4n) is 4.24. The van der Waals surface area contributed by atoms with E-state index in [-0.39, 0.29) is 5.82 Å². The van der Waals surface area contributed by atoms with Crippen LogP contribution in [0.4, 0.5) is 4.39 Å². The molecule has 0 spiro atoms. The van der Waals surface area contributed by atoms with E-state index in [1.165, 1.54) is 12.1 Å². The number of aromatic nitrogens is 2. The van der Waals surface area contributed by atoms with E-state index in [0.29, 0.717) is 31.1 Å². The molecule has 0 aliphatic heterocycles. The van der Waals surface area contributed by atoms with Crippen LogP contribution in [0.5, 0.6) is 11.6 Å². The summed E-state index contributed by atoms with van der Waals surface area (Å²) in [5.41, 5.74) is 3.72. The van der Waals surface area contributed by atoms with Gasteiger partial charge in [0.05, 0.1) is 23.0 Å². The number of benzene rings is 3. The molecule has 4 rings (SSSR count). The molecule has 0 bridgehead atoms. The van der Waals surface area contributed by atoms with Gasteiger partial charge in [-0.25, -0.2) is 9.07 Å². The van der Waals surface area contributed by atoms with Gasteiger partial charge in [-0.1, -0.05) is 61.5 Å².